The Labute approximate surface area is 228 Å². The highest BCUT2D eigenvalue weighted by Gasteiger charge is 2.38. The number of fused-ring (bicyclic) bond motifs is 1. The number of ether oxygens (including phenoxy) is 1. The van der Waals surface area contributed by atoms with Crippen molar-refractivity contribution in [2.45, 2.75) is 57.7 Å². The average molecular weight is 530 g/mol. The van der Waals surface area contributed by atoms with Crippen molar-refractivity contribution in [1.82, 2.24) is 25.2 Å². The summed E-state index contributed by atoms with van der Waals surface area (Å²) in [4.78, 5) is 19.7. The Morgan fingerprint density at radius 2 is 1.82 bits per heavy atom. The molecular formula is C30H39N7O2+2. The molecule has 6 rings (SSSR count). The summed E-state index contributed by atoms with van der Waals surface area (Å²) in [5, 5.41) is 14.2. The molecule has 0 amide bonds. The van der Waals surface area contributed by atoms with Crippen molar-refractivity contribution < 1.29 is 14.5 Å². The molecule has 9 heteroatoms. The normalized spacial score (nSPS) is 21.2. The van der Waals surface area contributed by atoms with Gasteiger partial charge in [-0.3, -0.25) is 4.79 Å². The van der Waals surface area contributed by atoms with Crippen LogP contribution >= 0.6 is 0 Å². The van der Waals surface area contributed by atoms with E-state index in [1.54, 1.807) is 4.90 Å². The second-order valence-corrected chi connectivity index (χ2v) is 11.0. The van der Waals surface area contributed by atoms with Crippen molar-refractivity contribution >= 4 is 10.9 Å². The van der Waals surface area contributed by atoms with Gasteiger partial charge in [-0.05, 0) is 54.5 Å². The van der Waals surface area contributed by atoms with Crippen molar-refractivity contribution in [2.75, 3.05) is 32.8 Å². The van der Waals surface area contributed by atoms with Gasteiger partial charge in [0.15, 0.2) is 6.04 Å². The predicted molar refractivity (Wildman–Crippen MR) is 149 cm³/mol. The third-order valence-corrected chi connectivity index (χ3v) is 8.47. The zero-order chi connectivity index (χ0) is 26.6. The molecule has 1 saturated carbocycles. The van der Waals surface area contributed by atoms with Gasteiger partial charge >= 0.3 is 0 Å². The fourth-order valence-corrected chi connectivity index (χ4v) is 6.46. The highest BCUT2D eigenvalue weighted by Crippen LogP contribution is 2.30. The number of H-pyrrole nitrogens is 1. The highest BCUT2D eigenvalue weighted by atomic mass is 16.5. The number of piperazine rings is 1. The first-order chi connectivity index (χ1) is 19.2. The molecule has 3 N–H and O–H groups in total. The van der Waals surface area contributed by atoms with Gasteiger partial charge in [0.25, 0.3) is 5.56 Å². The number of nitrogens with zero attached hydrogens (tertiary/aromatic N) is 4. The molecule has 1 aliphatic heterocycles. The molecule has 2 aromatic heterocycles. The standard InChI is InChI=1S/C30H37N7O2/c1-2-39-25-13-14-27-23(19-25)20-26(30(38)31-27)28(29-32-33-34-37(29)24-11-7-4-8-12-24)36-17-15-35(16-18-36)21-22-9-5-3-6-10-22/h3,5-6,9-10,13-14,19-20,24,28H,2,4,7-8,11-12,15-18,21H2,1H3,(H,31,38)/p+2. The van der Waals surface area contributed by atoms with E-state index in [0.717, 1.165) is 73.6 Å². The van der Waals surface area contributed by atoms with Gasteiger partial charge in [-0.2, -0.15) is 0 Å². The lowest BCUT2D eigenvalue weighted by atomic mass is 9.95. The van der Waals surface area contributed by atoms with Gasteiger partial charge in [0.1, 0.15) is 38.5 Å². The third kappa shape index (κ3) is 5.60. The van der Waals surface area contributed by atoms with Gasteiger partial charge in [-0.1, -0.05) is 49.6 Å². The van der Waals surface area contributed by atoms with E-state index in [2.05, 4.69) is 50.8 Å². The summed E-state index contributed by atoms with van der Waals surface area (Å²) in [6, 6.07) is 18.6. The number of benzene rings is 2. The van der Waals surface area contributed by atoms with Crippen LogP contribution in [0, 0.1) is 0 Å². The first-order valence-corrected chi connectivity index (χ1v) is 14.5. The first-order valence-electron chi connectivity index (χ1n) is 14.5. The van der Waals surface area contributed by atoms with Crippen molar-refractivity contribution in [3.05, 3.63) is 81.9 Å². The topological polar surface area (TPSA) is 94.6 Å². The molecule has 1 unspecified atom stereocenters. The zero-order valence-electron chi connectivity index (χ0n) is 22.7. The van der Waals surface area contributed by atoms with E-state index in [4.69, 9.17) is 4.74 Å². The van der Waals surface area contributed by atoms with Gasteiger partial charge in [0, 0.05) is 16.5 Å². The van der Waals surface area contributed by atoms with Crippen molar-refractivity contribution in [3.63, 3.8) is 0 Å². The molecule has 2 fully saturated rings. The van der Waals surface area contributed by atoms with Gasteiger partial charge < -0.3 is 19.5 Å². The molecule has 39 heavy (non-hydrogen) atoms. The second-order valence-electron chi connectivity index (χ2n) is 11.0. The van der Waals surface area contributed by atoms with Gasteiger partial charge in [0.05, 0.1) is 18.2 Å². The minimum absolute atomic E-state index is 0.0681. The van der Waals surface area contributed by atoms with Crippen molar-refractivity contribution in [1.29, 1.82) is 0 Å². The Bertz CT molecular complexity index is 1440. The van der Waals surface area contributed by atoms with Crippen LogP contribution in [-0.2, 0) is 6.54 Å². The van der Waals surface area contributed by atoms with Crippen LogP contribution in [0.3, 0.4) is 0 Å². The van der Waals surface area contributed by atoms with E-state index in [0.29, 0.717) is 12.6 Å². The number of hydrogen-bond donors (Lipinski definition) is 3. The van der Waals surface area contributed by atoms with Crippen molar-refractivity contribution in [2.24, 2.45) is 0 Å². The Morgan fingerprint density at radius 1 is 1.03 bits per heavy atom. The van der Waals surface area contributed by atoms with Gasteiger partial charge in [0.2, 0.25) is 5.82 Å². The summed E-state index contributed by atoms with van der Waals surface area (Å²) in [6.45, 7) is 7.56. The maximum Gasteiger partial charge on any atom is 0.258 e. The lowest BCUT2D eigenvalue weighted by Crippen LogP contribution is -3.27. The minimum Gasteiger partial charge on any atom is -0.494 e. The lowest BCUT2D eigenvalue weighted by molar-refractivity contribution is -1.03. The largest absolute Gasteiger partial charge is 0.494 e. The maximum atomic E-state index is 13.6. The number of rotatable bonds is 8. The predicted octanol–water partition coefficient (Wildman–Crippen LogP) is 1.49. The molecule has 0 radical (unpaired) electrons. The van der Waals surface area contributed by atoms with Crippen LogP contribution in [0.25, 0.3) is 10.9 Å². The Balaban J connectivity index is 1.35. The summed E-state index contributed by atoms with van der Waals surface area (Å²) in [7, 11) is 0. The molecule has 3 heterocycles. The quantitative estimate of drug-likeness (QED) is 0.322. The Hall–Kier alpha value is -3.56. The van der Waals surface area contributed by atoms with Crippen molar-refractivity contribution in [3.8, 4) is 5.75 Å². The van der Waals surface area contributed by atoms with E-state index in [1.165, 1.54) is 29.7 Å². The Kier molecular flexibility index (Phi) is 7.69. The summed E-state index contributed by atoms with van der Waals surface area (Å²) in [5.41, 5.74) is 2.83. The number of nitrogens with one attached hydrogen (secondary N) is 3. The maximum absolute atomic E-state index is 13.6. The molecule has 4 aromatic rings. The molecule has 204 valence electrons. The van der Waals surface area contributed by atoms with E-state index >= 15 is 0 Å². The summed E-state index contributed by atoms with van der Waals surface area (Å²) < 4.78 is 7.80. The van der Waals surface area contributed by atoms with Crippen LogP contribution in [0.4, 0.5) is 0 Å². The summed E-state index contributed by atoms with van der Waals surface area (Å²) in [6.07, 6.45) is 5.82. The van der Waals surface area contributed by atoms with Crippen LogP contribution in [0.15, 0.2) is 59.4 Å². The number of tetrazole rings is 1. The van der Waals surface area contributed by atoms with E-state index in [9.17, 15) is 4.79 Å². The molecule has 2 aromatic carbocycles. The summed E-state index contributed by atoms with van der Waals surface area (Å²) in [5.74, 6) is 1.62. The summed E-state index contributed by atoms with van der Waals surface area (Å²) >= 11 is 0. The average Bonchev–Trinajstić information content (AvgIpc) is 3.45. The number of hydrogen-bond acceptors (Lipinski definition) is 5. The smallest absolute Gasteiger partial charge is 0.258 e. The molecule has 1 aliphatic carbocycles. The zero-order valence-corrected chi connectivity index (χ0v) is 22.7. The molecule has 1 atom stereocenters. The van der Waals surface area contributed by atoms with E-state index < -0.39 is 0 Å². The van der Waals surface area contributed by atoms with Crippen LogP contribution in [0.2, 0.25) is 0 Å². The first kappa shape index (κ1) is 25.7. The Morgan fingerprint density at radius 3 is 2.59 bits per heavy atom. The van der Waals surface area contributed by atoms with Crippen LogP contribution in [-0.4, -0.2) is 58.0 Å². The second kappa shape index (κ2) is 11.7. The third-order valence-electron chi connectivity index (χ3n) is 8.47. The lowest BCUT2D eigenvalue weighted by Gasteiger charge is -2.34. The number of aromatic nitrogens is 5. The molecule has 9 nitrogen and oxygen atoms in total. The van der Waals surface area contributed by atoms with Crippen LogP contribution < -0.4 is 20.1 Å². The minimum atomic E-state index is -0.232. The molecule has 0 bridgehead atoms. The highest BCUT2D eigenvalue weighted by molar-refractivity contribution is 5.80. The fraction of sp³-hybridized carbons (Fsp3) is 0.467. The monoisotopic (exact) mass is 529 g/mol. The van der Waals surface area contributed by atoms with E-state index in [-0.39, 0.29) is 11.6 Å². The van der Waals surface area contributed by atoms with Gasteiger partial charge in [-0.25, -0.2) is 4.68 Å². The molecule has 0 spiro atoms. The molecular weight excluding hydrogens is 490 g/mol. The molecule has 2 aliphatic rings. The SMILES string of the molecule is CCOc1ccc2[nH]c(=O)c(C(c3nnnn3C3CCCCC3)[NH+]3CC[NH+](Cc4ccccc4)CC3)cc2c1. The van der Waals surface area contributed by atoms with Gasteiger partial charge in [-0.15, -0.1) is 5.10 Å². The van der Waals surface area contributed by atoms with E-state index in [1.807, 2.05) is 35.9 Å². The number of aromatic amines is 1. The number of pyridine rings is 1. The number of quaternary nitrogens is 2. The fourth-order valence-electron chi connectivity index (χ4n) is 6.46. The van der Waals surface area contributed by atoms with Crippen LogP contribution in [0.1, 0.15) is 68.1 Å². The molecule has 1 saturated heterocycles. The van der Waals surface area contributed by atoms with Crippen LogP contribution in [0.5, 0.6) is 5.75 Å².